The average molecular weight is 473 g/mol. The summed E-state index contributed by atoms with van der Waals surface area (Å²) in [4.78, 5) is 52.7. The van der Waals surface area contributed by atoms with Gasteiger partial charge in [0.25, 0.3) is 0 Å². The molecule has 0 radical (unpaired) electrons. The Morgan fingerprint density at radius 2 is 1.14 bits per heavy atom. The summed E-state index contributed by atoms with van der Waals surface area (Å²) in [5, 5.41) is 5.01. The van der Waals surface area contributed by atoms with Gasteiger partial charge in [-0.3, -0.25) is 19.2 Å². The normalized spacial score (nSPS) is 9.83. The van der Waals surface area contributed by atoms with Crippen LogP contribution >= 0.6 is 0 Å². The molecule has 4 amide bonds. The minimum absolute atomic E-state index is 0.0151. The number of likely N-dealkylation sites (N-methyl/N-ethyl adjacent to an activating group) is 2. The van der Waals surface area contributed by atoms with Gasteiger partial charge in [-0.05, 0) is 42.8 Å². The molecular weight excluding hydrogens is 444 g/mol. The SMILES string of the molecule is C#Cc1cccc(N(CC(=O)NC)C(=O)CCCC(=O)N(CC(=O)NC)c2cccc(C#C)c2)c1. The highest BCUT2D eigenvalue weighted by atomic mass is 16.2. The number of hydrogen-bond acceptors (Lipinski definition) is 4. The summed E-state index contributed by atoms with van der Waals surface area (Å²) in [7, 11) is 2.97. The molecule has 2 rings (SSSR count). The Labute approximate surface area is 205 Å². The number of terminal acetylenes is 2. The molecule has 0 aliphatic rings. The Hall–Kier alpha value is -4.56. The van der Waals surface area contributed by atoms with Crippen molar-refractivity contribution in [2.24, 2.45) is 0 Å². The van der Waals surface area contributed by atoms with Gasteiger partial charge in [0.2, 0.25) is 23.6 Å². The minimum Gasteiger partial charge on any atom is -0.358 e. The highest BCUT2D eigenvalue weighted by Crippen LogP contribution is 2.20. The molecule has 0 atom stereocenters. The molecule has 0 bridgehead atoms. The molecule has 2 aromatic rings. The van der Waals surface area contributed by atoms with Crippen LogP contribution < -0.4 is 20.4 Å². The van der Waals surface area contributed by atoms with E-state index in [0.29, 0.717) is 22.5 Å². The van der Waals surface area contributed by atoms with E-state index in [-0.39, 0.29) is 56.0 Å². The zero-order chi connectivity index (χ0) is 25.8. The molecule has 2 N–H and O–H groups in total. The van der Waals surface area contributed by atoms with E-state index >= 15 is 0 Å². The van der Waals surface area contributed by atoms with E-state index in [2.05, 4.69) is 22.5 Å². The molecule has 8 nitrogen and oxygen atoms in total. The van der Waals surface area contributed by atoms with Crippen LogP contribution in [0.1, 0.15) is 30.4 Å². The van der Waals surface area contributed by atoms with E-state index in [1.54, 1.807) is 48.5 Å². The number of amides is 4. The van der Waals surface area contributed by atoms with Crippen molar-refractivity contribution in [1.29, 1.82) is 0 Å². The Bertz CT molecular complexity index is 1080. The van der Waals surface area contributed by atoms with E-state index < -0.39 is 0 Å². The van der Waals surface area contributed by atoms with Crippen LogP contribution in [-0.4, -0.2) is 50.8 Å². The van der Waals surface area contributed by atoms with Gasteiger partial charge in [-0.25, -0.2) is 0 Å². The van der Waals surface area contributed by atoms with Crippen molar-refractivity contribution in [2.45, 2.75) is 19.3 Å². The lowest BCUT2D eigenvalue weighted by Gasteiger charge is -2.24. The van der Waals surface area contributed by atoms with E-state index in [1.807, 2.05) is 0 Å². The minimum atomic E-state index is -0.342. The lowest BCUT2D eigenvalue weighted by Crippen LogP contribution is -2.41. The van der Waals surface area contributed by atoms with E-state index in [1.165, 1.54) is 23.9 Å². The second-order valence-corrected chi connectivity index (χ2v) is 7.55. The number of benzene rings is 2. The van der Waals surface area contributed by atoms with Crippen LogP contribution in [0, 0.1) is 24.7 Å². The smallest absolute Gasteiger partial charge is 0.239 e. The molecule has 0 aromatic heterocycles. The van der Waals surface area contributed by atoms with E-state index in [0.717, 1.165) is 0 Å². The van der Waals surface area contributed by atoms with E-state index in [9.17, 15) is 19.2 Å². The molecule has 0 heterocycles. The molecule has 0 aliphatic carbocycles. The Morgan fingerprint density at radius 1 is 0.743 bits per heavy atom. The molecule has 0 fully saturated rings. The first-order valence-corrected chi connectivity index (χ1v) is 11.0. The summed E-state index contributed by atoms with van der Waals surface area (Å²) in [5.74, 6) is 3.67. The fourth-order valence-corrected chi connectivity index (χ4v) is 3.28. The van der Waals surface area contributed by atoms with Crippen molar-refractivity contribution in [1.82, 2.24) is 10.6 Å². The second-order valence-electron chi connectivity index (χ2n) is 7.55. The zero-order valence-corrected chi connectivity index (χ0v) is 19.8. The molecular formula is C27H28N4O4. The monoisotopic (exact) mass is 472 g/mol. The largest absolute Gasteiger partial charge is 0.358 e. The van der Waals surface area contributed by atoms with Crippen LogP contribution in [0.4, 0.5) is 11.4 Å². The highest BCUT2D eigenvalue weighted by molar-refractivity contribution is 6.00. The van der Waals surface area contributed by atoms with E-state index in [4.69, 9.17) is 12.8 Å². The average Bonchev–Trinajstić information content (AvgIpc) is 2.89. The fraction of sp³-hybridized carbons (Fsp3) is 0.259. The van der Waals surface area contributed by atoms with Gasteiger partial charge < -0.3 is 20.4 Å². The van der Waals surface area contributed by atoms with Crippen LogP contribution in [-0.2, 0) is 19.2 Å². The van der Waals surface area contributed by atoms with Crippen molar-refractivity contribution >= 4 is 35.0 Å². The topological polar surface area (TPSA) is 98.8 Å². The van der Waals surface area contributed by atoms with Crippen molar-refractivity contribution in [2.75, 3.05) is 37.0 Å². The van der Waals surface area contributed by atoms with Gasteiger partial charge >= 0.3 is 0 Å². The summed E-state index contributed by atoms with van der Waals surface area (Å²) in [5.41, 5.74) is 2.14. The molecule has 180 valence electrons. The Balaban J connectivity index is 2.14. The number of carbonyl (C=O) groups excluding carboxylic acids is 4. The summed E-state index contributed by atoms with van der Waals surface area (Å²) >= 11 is 0. The fourth-order valence-electron chi connectivity index (χ4n) is 3.28. The predicted molar refractivity (Wildman–Crippen MR) is 135 cm³/mol. The zero-order valence-electron chi connectivity index (χ0n) is 19.8. The summed E-state index contributed by atoms with van der Waals surface area (Å²) < 4.78 is 0. The number of carbonyl (C=O) groups is 4. The maximum atomic E-state index is 13.0. The first-order valence-electron chi connectivity index (χ1n) is 11.0. The molecule has 8 heteroatoms. The standard InChI is InChI=1S/C27H28N4O4/c1-5-20-10-7-12-22(16-20)30(18-24(32)28-3)26(34)14-9-15-27(35)31(19-25(33)29-4)23-13-8-11-21(6-2)17-23/h1-2,7-8,10-13,16-17H,9,14-15,18-19H2,3-4H3,(H,28,32)(H,29,33). The Morgan fingerprint density at radius 3 is 1.49 bits per heavy atom. The van der Waals surface area contributed by atoms with Crippen molar-refractivity contribution in [3.8, 4) is 24.7 Å². The first kappa shape index (κ1) is 26.7. The van der Waals surface area contributed by atoms with Gasteiger partial charge in [0, 0.05) is 49.4 Å². The molecule has 0 saturated carbocycles. The number of nitrogens with zero attached hydrogens (tertiary/aromatic N) is 2. The molecule has 0 unspecified atom stereocenters. The number of anilines is 2. The van der Waals surface area contributed by atoms with Crippen LogP contribution in [0.5, 0.6) is 0 Å². The first-order chi connectivity index (χ1) is 16.8. The van der Waals surface area contributed by atoms with Crippen molar-refractivity contribution in [3.05, 3.63) is 59.7 Å². The number of rotatable bonds is 10. The Kier molecular flexibility index (Phi) is 10.1. The highest BCUT2D eigenvalue weighted by Gasteiger charge is 2.22. The number of nitrogens with one attached hydrogen (secondary N) is 2. The van der Waals surface area contributed by atoms with Gasteiger partial charge in [0.1, 0.15) is 13.1 Å². The van der Waals surface area contributed by atoms with Crippen LogP contribution in [0.3, 0.4) is 0 Å². The van der Waals surface area contributed by atoms with Crippen molar-refractivity contribution < 1.29 is 19.2 Å². The maximum Gasteiger partial charge on any atom is 0.239 e. The molecule has 0 saturated heterocycles. The van der Waals surface area contributed by atoms with Crippen LogP contribution in [0.15, 0.2) is 48.5 Å². The molecule has 0 spiro atoms. The van der Waals surface area contributed by atoms with Crippen LogP contribution in [0.25, 0.3) is 0 Å². The molecule has 2 aromatic carbocycles. The third kappa shape index (κ3) is 7.76. The van der Waals surface area contributed by atoms with Crippen LogP contribution in [0.2, 0.25) is 0 Å². The van der Waals surface area contributed by atoms with Gasteiger partial charge in [-0.1, -0.05) is 24.0 Å². The summed E-state index contributed by atoms with van der Waals surface area (Å²) in [6.45, 7) is -0.363. The van der Waals surface area contributed by atoms with Gasteiger partial charge in [0.05, 0.1) is 0 Å². The third-order valence-corrected chi connectivity index (χ3v) is 5.19. The molecule has 0 aliphatic heterocycles. The quantitative estimate of drug-likeness (QED) is 0.514. The second kappa shape index (κ2) is 13.2. The van der Waals surface area contributed by atoms with Crippen molar-refractivity contribution in [3.63, 3.8) is 0 Å². The lowest BCUT2D eigenvalue weighted by atomic mass is 10.1. The lowest BCUT2D eigenvalue weighted by molar-refractivity contribution is -0.124. The predicted octanol–water partition coefficient (Wildman–Crippen LogP) is 1.68. The number of hydrogen-bond donors (Lipinski definition) is 2. The van der Waals surface area contributed by atoms with Gasteiger partial charge in [-0.2, -0.15) is 0 Å². The van der Waals surface area contributed by atoms with Gasteiger partial charge in [0.15, 0.2) is 0 Å². The van der Waals surface area contributed by atoms with Gasteiger partial charge in [-0.15, -0.1) is 12.8 Å². The molecule has 35 heavy (non-hydrogen) atoms. The third-order valence-electron chi connectivity index (χ3n) is 5.19. The summed E-state index contributed by atoms with van der Waals surface area (Å²) in [6, 6.07) is 13.5. The maximum absolute atomic E-state index is 13.0. The summed E-state index contributed by atoms with van der Waals surface area (Å²) in [6.07, 6.45) is 11.2.